The summed E-state index contributed by atoms with van der Waals surface area (Å²) in [7, 11) is 0. The number of anilines is 1. The monoisotopic (exact) mass is 309 g/mol. The molecule has 1 N–H and O–H groups in total. The third-order valence-corrected chi connectivity index (χ3v) is 4.18. The van der Waals surface area contributed by atoms with Crippen LogP contribution in [-0.2, 0) is 0 Å². The summed E-state index contributed by atoms with van der Waals surface area (Å²) < 4.78 is 0. The molecule has 20 heavy (non-hydrogen) atoms. The second-order valence-corrected chi connectivity index (χ2v) is 5.78. The summed E-state index contributed by atoms with van der Waals surface area (Å²) in [6.45, 7) is 3.88. The maximum Gasteiger partial charge on any atom is 0.156 e. The first-order chi connectivity index (χ1) is 9.65. The topological polar surface area (TPSA) is 54.9 Å². The van der Waals surface area contributed by atoms with Crippen molar-refractivity contribution >= 4 is 35.0 Å². The molecule has 0 fully saturated rings. The minimum absolute atomic E-state index is 0.129. The van der Waals surface area contributed by atoms with E-state index in [0.717, 1.165) is 12.8 Å². The molecule has 0 amide bonds. The minimum atomic E-state index is 0.129. The Bertz CT molecular complexity index is 586. The van der Waals surface area contributed by atoms with Gasteiger partial charge in [0, 0.05) is 4.88 Å². The van der Waals surface area contributed by atoms with Crippen molar-refractivity contribution in [3.63, 3.8) is 0 Å². The standard InChI is InChI=1S/C14H16ClN3OS/c1-3-5-11(12-6-4-7-20-12)18-14-10(8-19)13(15)16-9(2)17-14/h4,6-8,11H,3,5H2,1-2H3,(H,16,17,18). The molecule has 2 aromatic rings. The molecule has 4 nitrogen and oxygen atoms in total. The lowest BCUT2D eigenvalue weighted by Crippen LogP contribution is -2.13. The second-order valence-electron chi connectivity index (χ2n) is 4.44. The highest BCUT2D eigenvalue weighted by molar-refractivity contribution is 7.10. The summed E-state index contributed by atoms with van der Waals surface area (Å²) >= 11 is 7.69. The van der Waals surface area contributed by atoms with Crippen molar-refractivity contribution in [1.82, 2.24) is 9.97 Å². The average Bonchev–Trinajstić information content (AvgIpc) is 2.91. The Morgan fingerprint density at radius 1 is 1.50 bits per heavy atom. The van der Waals surface area contributed by atoms with Gasteiger partial charge in [-0.15, -0.1) is 11.3 Å². The van der Waals surface area contributed by atoms with Gasteiger partial charge in [0.05, 0.1) is 11.6 Å². The Morgan fingerprint density at radius 2 is 2.30 bits per heavy atom. The van der Waals surface area contributed by atoms with Gasteiger partial charge in [-0.05, 0) is 24.8 Å². The normalized spacial score (nSPS) is 12.2. The van der Waals surface area contributed by atoms with Crippen molar-refractivity contribution < 1.29 is 4.79 Å². The van der Waals surface area contributed by atoms with E-state index in [1.165, 1.54) is 4.88 Å². The van der Waals surface area contributed by atoms with Crippen molar-refractivity contribution in [2.45, 2.75) is 32.7 Å². The number of thiophene rings is 1. The molecule has 1 atom stereocenters. The van der Waals surface area contributed by atoms with E-state index in [4.69, 9.17) is 11.6 Å². The quantitative estimate of drug-likeness (QED) is 0.639. The highest BCUT2D eigenvalue weighted by Crippen LogP contribution is 2.29. The Balaban J connectivity index is 2.33. The van der Waals surface area contributed by atoms with Crippen LogP contribution in [0, 0.1) is 6.92 Å². The van der Waals surface area contributed by atoms with Crippen LogP contribution in [0.15, 0.2) is 17.5 Å². The lowest BCUT2D eigenvalue weighted by atomic mass is 10.1. The smallest absolute Gasteiger partial charge is 0.156 e. The average molecular weight is 310 g/mol. The van der Waals surface area contributed by atoms with Crippen LogP contribution in [0.5, 0.6) is 0 Å². The molecule has 0 bridgehead atoms. The molecule has 1 unspecified atom stereocenters. The molecule has 0 saturated heterocycles. The Kier molecular flexibility index (Phi) is 5.09. The lowest BCUT2D eigenvalue weighted by Gasteiger charge is -2.19. The van der Waals surface area contributed by atoms with Crippen molar-refractivity contribution in [2.24, 2.45) is 0 Å². The van der Waals surface area contributed by atoms with E-state index in [-0.39, 0.29) is 11.2 Å². The summed E-state index contributed by atoms with van der Waals surface area (Å²) in [5.41, 5.74) is 0.315. The molecular weight excluding hydrogens is 294 g/mol. The van der Waals surface area contributed by atoms with E-state index in [0.29, 0.717) is 23.5 Å². The summed E-state index contributed by atoms with van der Waals surface area (Å²) in [4.78, 5) is 20.7. The van der Waals surface area contributed by atoms with Crippen LogP contribution in [-0.4, -0.2) is 16.3 Å². The van der Waals surface area contributed by atoms with Gasteiger partial charge in [0.25, 0.3) is 0 Å². The Morgan fingerprint density at radius 3 is 2.90 bits per heavy atom. The van der Waals surface area contributed by atoms with Gasteiger partial charge in [0.2, 0.25) is 0 Å². The van der Waals surface area contributed by atoms with E-state index < -0.39 is 0 Å². The first kappa shape index (κ1) is 14.9. The Labute approximate surface area is 127 Å². The highest BCUT2D eigenvalue weighted by atomic mass is 35.5. The maximum atomic E-state index is 11.2. The molecule has 2 aromatic heterocycles. The van der Waals surface area contributed by atoms with Gasteiger partial charge in [-0.1, -0.05) is 31.0 Å². The van der Waals surface area contributed by atoms with E-state index in [9.17, 15) is 4.79 Å². The molecule has 0 aliphatic heterocycles. The number of aldehydes is 1. The van der Waals surface area contributed by atoms with Crippen molar-refractivity contribution in [1.29, 1.82) is 0 Å². The number of nitrogens with one attached hydrogen (secondary N) is 1. The van der Waals surface area contributed by atoms with Crippen LogP contribution in [0.25, 0.3) is 0 Å². The van der Waals surface area contributed by atoms with E-state index in [1.807, 2.05) is 11.4 Å². The molecule has 0 radical (unpaired) electrons. The van der Waals surface area contributed by atoms with Crippen molar-refractivity contribution in [3.8, 4) is 0 Å². The molecule has 6 heteroatoms. The van der Waals surface area contributed by atoms with Crippen molar-refractivity contribution in [2.75, 3.05) is 5.32 Å². The molecule has 106 valence electrons. The highest BCUT2D eigenvalue weighted by Gasteiger charge is 2.17. The van der Waals surface area contributed by atoms with Crippen LogP contribution in [0.1, 0.15) is 46.9 Å². The zero-order valence-corrected chi connectivity index (χ0v) is 13.0. The summed E-state index contributed by atoms with van der Waals surface area (Å²) in [6.07, 6.45) is 2.69. The molecule has 0 spiro atoms. The summed E-state index contributed by atoms with van der Waals surface area (Å²) in [5.74, 6) is 1.05. The third-order valence-electron chi connectivity index (χ3n) is 2.90. The van der Waals surface area contributed by atoms with Gasteiger partial charge in [0.1, 0.15) is 16.8 Å². The van der Waals surface area contributed by atoms with Gasteiger partial charge < -0.3 is 5.32 Å². The fraction of sp³-hybridized carbons (Fsp3) is 0.357. The number of carbonyl (C=O) groups excluding carboxylic acids is 1. The summed E-state index contributed by atoms with van der Waals surface area (Å²) in [5, 5.41) is 5.56. The summed E-state index contributed by atoms with van der Waals surface area (Å²) in [6, 6.07) is 4.22. The number of nitrogens with zero attached hydrogens (tertiary/aromatic N) is 2. The lowest BCUT2D eigenvalue weighted by molar-refractivity contribution is 0.112. The fourth-order valence-electron chi connectivity index (χ4n) is 1.99. The number of aromatic nitrogens is 2. The van der Waals surface area contributed by atoms with Gasteiger partial charge in [0.15, 0.2) is 6.29 Å². The second kappa shape index (κ2) is 6.81. The predicted octanol–water partition coefficient (Wildman–Crippen LogP) is 4.27. The number of hydrogen-bond acceptors (Lipinski definition) is 5. The fourth-order valence-corrected chi connectivity index (χ4v) is 3.06. The van der Waals surface area contributed by atoms with E-state index in [2.05, 4.69) is 28.3 Å². The zero-order valence-electron chi connectivity index (χ0n) is 11.4. The molecule has 0 aliphatic rings. The molecule has 0 saturated carbocycles. The van der Waals surface area contributed by atoms with Crippen molar-refractivity contribution in [3.05, 3.63) is 38.9 Å². The SMILES string of the molecule is CCCC(Nc1nc(C)nc(Cl)c1C=O)c1cccs1. The molecule has 0 aromatic carbocycles. The van der Waals surface area contributed by atoms with Gasteiger partial charge in [-0.3, -0.25) is 4.79 Å². The van der Waals surface area contributed by atoms with Gasteiger partial charge in [-0.25, -0.2) is 9.97 Å². The minimum Gasteiger partial charge on any atom is -0.362 e. The van der Waals surface area contributed by atoms with E-state index >= 15 is 0 Å². The number of aryl methyl sites for hydroxylation is 1. The van der Waals surface area contributed by atoms with E-state index in [1.54, 1.807) is 18.3 Å². The predicted molar refractivity (Wildman–Crippen MR) is 82.8 cm³/mol. The van der Waals surface area contributed by atoms with Crippen LogP contribution in [0.3, 0.4) is 0 Å². The maximum absolute atomic E-state index is 11.2. The largest absolute Gasteiger partial charge is 0.362 e. The first-order valence-corrected chi connectivity index (χ1v) is 7.70. The first-order valence-electron chi connectivity index (χ1n) is 6.45. The number of halogens is 1. The molecule has 2 rings (SSSR count). The molecular formula is C14H16ClN3OS. The number of carbonyl (C=O) groups is 1. The van der Waals surface area contributed by atoms with Crippen LogP contribution in [0.4, 0.5) is 5.82 Å². The molecule has 2 heterocycles. The van der Waals surface area contributed by atoms with Gasteiger partial charge >= 0.3 is 0 Å². The van der Waals surface area contributed by atoms with Crippen LogP contribution < -0.4 is 5.32 Å². The number of rotatable bonds is 6. The zero-order chi connectivity index (χ0) is 14.5. The van der Waals surface area contributed by atoms with Gasteiger partial charge in [-0.2, -0.15) is 0 Å². The van der Waals surface area contributed by atoms with Crippen LogP contribution in [0.2, 0.25) is 5.15 Å². The molecule has 0 aliphatic carbocycles. The van der Waals surface area contributed by atoms with Crippen LogP contribution >= 0.6 is 22.9 Å². The Hall–Kier alpha value is -1.46. The third kappa shape index (κ3) is 3.35. The number of hydrogen-bond donors (Lipinski definition) is 1.